The van der Waals surface area contributed by atoms with Crippen molar-refractivity contribution >= 4 is 26.8 Å². The van der Waals surface area contributed by atoms with E-state index < -0.39 is 14.9 Å². The first kappa shape index (κ1) is 26.0. The van der Waals surface area contributed by atoms with Crippen LogP contribution in [0, 0.1) is 0 Å². The number of thioether (sulfide) groups is 1. The Bertz CT molecular complexity index is 1060. The van der Waals surface area contributed by atoms with E-state index in [1.165, 1.54) is 11.1 Å². The first-order valence-electron chi connectivity index (χ1n) is 12.9. The van der Waals surface area contributed by atoms with Crippen molar-refractivity contribution in [2.45, 2.75) is 114 Å². The Kier molecular flexibility index (Phi) is 6.98. The van der Waals surface area contributed by atoms with Gasteiger partial charge in [0.05, 0.1) is 17.7 Å². The van der Waals surface area contributed by atoms with Gasteiger partial charge in [-0.05, 0) is 67.9 Å². The van der Waals surface area contributed by atoms with Gasteiger partial charge in [-0.15, -0.1) is 11.8 Å². The molecule has 3 aliphatic rings. The summed E-state index contributed by atoms with van der Waals surface area (Å²) < 4.78 is 33.9. The van der Waals surface area contributed by atoms with Gasteiger partial charge in [-0.3, -0.25) is 4.99 Å². The van der Waals surface area contributed by atoms with Crippen LogP contribution in [0.25, 0.3) is 0 Å². The molecular weight excluding hydrogens is 464 g/mol. The average molecular weight is 507 g/mol. The molecule has 1 aliphatic carbocycles. The van der Waals surface area contributed by atoms with Gasteiger partial charge in [0.2, 0.25) is 10.0 Å². The Morgan fingerprint density at radius 1 is 1.18 bits per heavy atom. The monoisotopic (exact) mass is 506 g/mol. The molecule has 0 N–H and O–H groups in total. The van der Waals surface area contributed by atoms with Crippen molar-refractivity contribution in [1.82, 2.24) is 4.31 Å². The highest BCUT2D eigenvalue weighted by atomic mass is 32.2. The van der Waals surface area contributed by atoms with Gasteiger partial charge in [0.25, 0.3) is 0 Å². The van der Waals surface area contributed by atoms with Crippen LogP contribution in [0.1, 0.15) is 98.1 Å². The predicted octanol–water partition coefficient (Wildman–Crippen LogP) is 6.26. The second kappa shape index (κ2) is 9.11. The van der Waals surface area contributed by atoms with Gasteiger partial charge < -0.3 is 4.74 Å². The van der Waals surface area contributed by atoms with E-state index >= 15 is 0 Å². The summed E-state index contributed by atoms with van der Waals surface area (Å²) in [5.74, 6) is 0.932. The zero-order valence-corrected chi connectivity index (χ0v) is 23.6. The van der Waals surface area contributed by atoms with Crippen LogP contribution in [0.4, 0.5) is 0 Å². The van der Waals surface area contributed by atoms with Gasteiger partial charge in [0.1, 0.15) is 5.75 Å². The first-order chi connectivity index (χ1) is 15.9. The molecule has 4 rings (SSSR count). The van der Waals surface area contributed by atoms with Crippen LogP contribution >= 0.6 is 11.8 Å². The zero-order valence-electron chi connectivity index (χ0n) is 22.0. The summed E-state index contributed by atoms with van der Waals surface area (Å²) in [7, 11) is -3.17. The molecule has 1 spiro atoms. The molecule has 7 heteroatoms. The van der Waals surface area contributed by atoms with Crippen LogP contribution in [0.3, 0.4) is 0 Å². The maximum atomic E-state index is 12.9. The Hall–Kier alpha value is -1.05. The number of hydrogen-bond donors (Lipinski definition) is 0. The van der Waals surface area contributed by atoms with Gasteiger partial charge >= 0.3 is 0 Å². The maximum Gasteiger partial charge on any atom is 0.235 e. The molecule has 0 aromatic heterocycles. The molecule has 1 aromatic rings. The maximum absolute atomic E-state index is 12.9. The molecule has 0 bridgehead atoms. The molecule has 1 aromatic carbocycles. The first-order valence-corrected chi connectivity index (χ1v) is 15.2. The number of nitrogens with zero attached hydrogens (tertiary/aromatic N) is 2. The number of aliphatic imine (C=N–C) groups is 1. The van der Waals surface area contributed by atoms with Crippen molar-refractivity contribution in [1.29, 1.82) is 0 Å². The topological polar surface area (TPSA) is 58.7 Å². The lowest BCUT2D eigenvalue weighted by molar-refractivity contribution is 0.260. The van der Waals surface area contributed by atoms with Gasteiger partial charge in [0.15, 0.2) is 4.87 Å². The van der Waals surface area contributed by atoms with E-state index in [0.29, 0.717) is 43.7 Å². The van der Waals surface area contributed by atoms with Crippen LogP contribution in [0.5, 0.6) is 5.75 Å². The normalized spacial score (nSPS) is 30.2. The van der Waals surface area contributed by atoms with Crippen molar-refractivity contribution in [3.63, 3.8) is 0 Å². The summed E-state index contributed by atoms with van der Waals surface area (Å²) in [5.41, 5.74) is 2.73. The fraction of sp³-hybridized carbons (Fsp3) is 0.741. The third-order valence-electron chi connectivity index (χ3n) is 8.66. The van der Waals surface area contributed by atoms with E-state index in [9.17, 15) is 8.42 Å². The summed E-state index contributed by atoms with van der Waals surface area (Å²) >= 11 is 1.76. The standard InChI is InChI=1S/C27H42N2O3S2/c1-8-25(4,5)20-11-12-23(21(17-20)26(6,7)9-2)32-16-10-15-29-27(34(29,30)31)14-13-22-24(18-27)33-19(3)28-22/h11-12,17,22,24H,8-10,13-16,18H2,1-7H3. The van der Waals surface area contributed by atoms with Crippen LogP contribution in [0.2, 0.25) is 0 Å². The molecule has 0 radical (unpaired) electrons. The summed E-state index contributed by atoms with van der Waals surface area (Å²) in [6.07, 6.45) is 5.09. The lowest BCUT2D eigenvalue weighted by atomic mass is 9.76. The quantitative estimate of drug-likeness (QED) is 0.293. The summed E-state index contributed by atoms with van der Waals surface area (Å²) in [6.45, 7) is 16.7. The number of sulfonamides is 1. The van der Waals surface area contributed by atoms with Gasteiger partial charge in [0, 0.05) is 17.4 Å². The van der Waals surface area contributed by atoms with Crippen LogP contribution < -0.4 is 4.74 Å². The fourth-order valence-corrected chi connectivity index (χ4v) is 9.19. The highest BCUT2D eigenvalue weighted by molar-refractivity contribution is 8.14. The highest BCUT2D eigenvalue weighted by Gasteiger charge is 2.71. The van der Waals surface area contributed by atoms with Gasteiger partial charge in [-0.1, -0.05) is 53.7 Å². The highest BCUT2D eigenvalue weighted by Crippen LogP contribution is 2.56. The molecule has 1 saturated heterocycles. The second-order valence-electron chi connectivity index (χ2n) is 11.5. The molecule has 1 saturated carbocycles. The molecular formula is C27H42N2O3S2. The smallest absolute Gasteiger partial charge is 0.235 e. The Labute approximate surface area is 211 Å². The van der Waals surface area contributed by atoms with Crippen molar-refractivity contribution < 1.29 is 13.2 Å². The molecule has 190 valence electrons. The predicted molar refractivity (Wildman–Crippen MR) is 144 cm³/mol. The Morgan fingerprint density at radius 2 is 1.88 bits per heavy atom. The van der Waals surface area contributed by atoms with E-state index in [1.807, 2.05) is 6.92 Å². The Balaban J connectivity index is 1.39. The van der Waals surface area contributed by atoms with E-state index in [2.05, 4.69) is 59.7 Å². The van der Waals surface area contributed by atoms with Crippen molar-refractivity contribution in [2.24, 2.45) is 4.99 Å². The summed E-state index contributed by atoms with van der Waals surface area (Å²) in [5, 5.41) is 1.42. The molecule has 34 heavy (non-hydrogen) atoms. The van der Waals surface area contributed by atoms with Gasteiger partial charge in [-0.25, -0.2) is 8.42 Å². The number of hydrogen-bond acceptors (Lipinski definition) is 5. The molecule has 2 heterocycles. The van der Waals surface area contributed by atoms with E-state index in [-0.39, 0.29) is 10.8 Å². The molecule has 4 atom stereocenters. The number of ether oxygens (including phenoxy) is 1. The second-order valence-corrected chi connectivity index (χ2v) is 15.1. The van der Waals surface area contributed by atoms with E-state index in [4.69, 9.17) is 9.73 Å². The van der Waals surface area contributed by atoms with Crippen molar-refractivity contribution in [2.75, 3.05) is 13.2 Å². The van der Waals surface area contributed by atoms with Crippen LogP contribution in [-0.2, 0) is 20.9 Å². The SMILES string of the molecule is CCC(C)(C)c1ccc(OCCCN2C3(CCC4N=C(C)SC4C3)S2(=O)=O)c(C(C)(C)CC)c1. The third-order valence-corrected chi connectivity index (χ3v) is 12.4. The van der Waals surface area contributed by atoms with E-state index in [0.717, 1.165) is 30.1 Å². The summed E-state index contributed by atoms with van der Waals surface area (Å²) in [4.78, 5) is 4.04. The largest absolute Gasteiger partial charge is 0.493 e. The van der Waals surface area contributed by atoms with Crippen LogP contribution in [0.15, 0.2) is 23.2 Å². The zero-order chi connectivity index (χ0) is 24.9. The van der Waals surface area contributed by atoms with Crippen molar-refractivity contribution in [3.05, 3.63) is 29.3 Å². The molecule has 5 nitrogen and oxygen atoms in total. The molecule has 4 unspecified atom stereocenters. The molecule has 0 amide bonds. The minimum absolute atomic E-state index is 0.0142. The lowest BCUT2D eigenvalue weighted by Crippen LogP contribution is -2.36. The van der Waals surface area contributed by atoms with Gasteiger partial charge in [-0.2, -0.15) is 4.31 Å². The van der Waals surface area contributed by atoms with Crippen molar-refractivity contribution in [3.8, 4) is 5.75 Å². The summed E-state index contributed by atoms with van der Waals surface area (Å²) in [6, 6.07) is 6.95. The third kappa shape index (κ3) is 4.45. The minimum atomic E-state index is -3.17. The number of benzene rings is 1. The minimum Gasteiger partial charge on any atom is -0.493 e. The lowest BCUT2D eigenvalue weighted by Gasteiger charge is -2.30. The van der Waals surface area contributed by atoms with Crippen LogP contribution in [-0.4, -0.2) is 47.1 Å². The fourth-order valence-electron chi connectivity index (χ4n) is 5.41. The molecule has 2 aliphatic heterocycles. The molecule has 2 fully saturated rings. The Morgan fingerprint density at radius 3 is 2.56 bits per heavy atom. The number of fused-ring (bicyclic) bond motifs is 1. The van der Waals surface area contributed by atoms with E-state index in [1.54, 1.807) is 16.1 Å². The average Bonchev–Trinajstić information content (AvgIpc) is 3.04. The number of rotatable bonds is 9.